The molecule has 0 spiro atoms. The number of nitrogens with two attached hydrogens (primary N) is 1. The third-order valence-corrected chi connectivity index (χ3v) is 4.17. The molecule has 0 atom stereocenters. The van der Waals surface area contributed by atoms with Crippen LogP contribution < -0.4 is 14.8 Å². The van der Waals surface area contributed by atoms with Crippen LogP contribution in [0.5, 0.6) is 11.5 Å². The molecule has 2 aromatic carbocycles. The van der Waals surface area contributed by atoms with Gasteiger partial charge in [0.2, 0.25) is 0 Å². The molecule has 1 aromatic heterocycles. The number of quaternary nitrogens is 1. The molecule has 0 saturated heterocycles. The smallest absolute Gasteiger partial charge is 0.161 e. The second-order valence-electron chi connectivity index (χ2n) is 5.91. The molecule has 4 nitrogen and oxygen atoms in total. The fourth-order valence-corrected chi connectivity index (χ4v) is 2.74. The highest BCUT2D eigenvalue weighted by Gasteiger charge is 2.09. The highest BCUT2D eigenvalue weighted by atomic mass is 35.5. The maximum Gasteiger partial charge on any atom is 0.161 e. The average Bonchev–Trinajstić information content (AvgIpc) is 3.16. The third kappa shape index (κ3) is 5.28. The minimum atomic E-state index is 0.473. The molecular formula is C21H23ClNO3+. The van der Waals surface area contributed by atoms with Gasteiger partial charge in [0.15, 0.2) is 17.3 Å². The van der Waals surface area contributed by atoms with Gasteiger partial charge in [-0.3, -0.25) is 0 Å². The van der Waals surface area contributed by atoms with Gasteiger partial charge in [0.1, 0.15) is 19.7 Å². The minimum Gasteiger partial charge on any atom is -0.490 e. The highest BCUT2D eigenvalue weighted by Crippen LogP contribution is 2.29. The van der Waals surface area contributed by atoms with Crippen LogP contribution in [0.1, 0.15) is 23.8 Å². The standard InChI is InChI=1S/C21H22ClNO3/c1-2-24-21-12-17(13-23-14-19-4-3-11-25-19)7-10-20(21)26-15-16-5-8-18(22)9-6-16/h3-12,23H,2,13-15H2,1H3/p+1. The third-order valence-electron chi connectivity index (χ3n) is 3.92. The van der Waals surface area contributed by atoms with Crippen LogP contribution in [0.4, 0.5) is 0 Å². The SMILES string of the molecule is CCOc1cc(C[NH2+]Cc2ccco2)ccc1OCc1ccc(Cl)cc1. The average molecular weight is 373 g/mol. The Kier molecular flexibility index (Phi) is 6.58. The summed E-state index contributed by atoms with van der Waals surface area (Å²) in [5.74, 6) is 2.49. The number of hydrogen-bond acceptors (Lipinski definition) is 3. The van der Waals surface area contributed by atoms with E-state index in [0.29, 0.717) is 13.2 Å². The van der Waals surface area contributed by atoms with Crippen LogP contribution in [0.2, 0.25) is 5.02 Å². The molecule has 2 N–H and O–H groups in total. The molecule has 0 radical (unpaired) electrons. The Labute approximate surface area is 158 Å². The monoisotopic (exact) mass is 372 g/mol. The molecule has 26 heavy (non-hydrogen) atoms. The predicted molar refractivity (Wildman–Crippen MR) is 101 cm³/mol. The van der Waals surface area contributed by atoms with Crippen LogP contribution in [0.25, 0.3) is 0 Å². The lowest BCUT2D eigenvalue weighted by atomic mass is 10.2. The Morgan fingerprint density at radius 1 is 0.923 bits per heavy atom. The van der Waals surface area contributed by atoms with Crippen molar-refractivity contribution in [3.8, 4) is 11.5 Å². The molecule has 0 unspecified atom stereocenters. The summed E-state index contributed by atoms with van der Waals surface area (Å²) in [6, 6.07) is 17.6. The van der Waals surface area contributed by atoms with Gasteiger partial charge in [-0.15, -0.1) is 0 Å². The summed E-state index contributed by atoms with van der Waals surface area (Å²) in [7, 11) is 0. The van der Waals surface area contributed by atoms with Crippen LogP contribution in [0, 0.1) is 0 Å². The maximum absolute atomic E-state index is 5.94. The van der Waals surface area contributed by atoms with Gasteiger partial charge < -0.3 is 19.2 Å². The highest BCUT2D eigenvalue weighted by molar-refractivity contribution is 6.30. The summed E-state index contributed by atoms with van der Waals surface area (Å²) >= 11 is 5.92. The first-order valence-corrected chi connectivity index (χ1v) is 9.09. The molecule has 0 amide bonds. The molecule has 0 bridgehead atoms. The van der Waals surface area contributed by atoms with Crippen molar-refractivity contribution in [3.63, 3.8) is 0 Å². The number of benzene rings is 2. The van der Waals surface area contributed by atoms with Gasteiger partial charge in [0.05, 0.1) is 12.9 Å². The fourth-order valence-electron chi connectivity index (χ4n) is 2.62. The molecule has 0 aliphatic heterocycles. The lowest BCUT2D eigenvalue weighted by molar-refractivity contribution is -0.688. The number of furan rings is 1. The van der Waals surface area contributed by atoms with Gasteiger partial charge in [0.25, 0.3) is 0 Å². The lowest BCUT2D eigenvalue weighted by Gasteiger charge is -2.13. The van der Waals surface area contributed by atoms with Gasteiger partial charge in [0, 0.05) is 10.6 Å². The van der Waals surface area contributed by atoms with E-state index >= 15 is 0 Å². The number of hydrogen-bond donors (Lipinski definition) is 1. The van der Waals surface area contributed by atoms with Crippen molar-refractivity contribution in [2.75, 3.05) is 6.61 Å². The molecule has 0 saturated carbocycles. The van der Waals surface area contributed by atoms with Crippen LogP contribution in [0.15, 0.2) is 65.3 Å². The minimum absolute atomic E-state index is 0.473. The molecular weight excluding hydrogens is 350 g/mol. The second kappa shape index (κ2) is 9.32. The van der Waals surface area contributed by atoms with Gasteiger partial charge >= 0.3 is 0 Å². The van der Waals surface area contributed by atoms with Crippen LogP contribution in [-0.2, 0) is 19.7 Å². The maximum atomic E-state index is 5.94. The van der Waals surface area contributed by atoms with Crippen molar-refractivity contribution in [3.05, 3.63) is 82.8 Å². The Balaban J connectivity index is 1.60. The van der Waals surface area contributed by atoms with Crippen molar-refractivity contribution < 1.29 is 19.2 Å². The van der Waals surface area contributed by atoms with Gasteiger partial charge in [-0.05, 0) is 55.0 Å². The molecule has 5 heteroatoms. The first kappa shape index (κ1) is 18.4. The lowest BCUT2D eigenvalue weighted by Crippen LogP contribution is -2.80. The van der Waals surface area contributed by atoms with Gasteiger partial charge in [-0.25, -0.2) is 0 Å². The van der Waals surface area contributed by atoms with E-state index < -0.39 is 0 Å². The molecule has 3 aromatic rings. The topological polar surface area (TPSA) is 48.2 Å². The fraction of sp³-hybridized carbons (Fsp3) is 0.238. The number of ether oxygens (including phenoxy) is 2. The summed E-state index contributed by atoms with van der Waals surface area (Å²) < 4.78 is 17.0. The molecule has 3 rings (SSSR count). The summed E-state index contributed by atoms with van der Waals surface area (Å²) in [5.41, 5.74) is 2.24. The molecule has 0 aliphatic rings. The molecule has 136 valence electrons. The van der Waals surface area contributed by atoms with E-state index in [-0.39, 0.29) is 0 Å². The Morgan fingerprint density at radius 3 is 2.46 bits per heavy atom. The zero-order chi connectivity index (χ0) is 18.2. The number of rotatable bonds is 9. The van der Waals surface area contributed by atoms with Crippen LogP contribution >= 0.6 is 11.6 Å². The van der Waals surface area contributed by atoms with Crippen molar-refractivity contribution in [2.45, 2.75) is 26.6 Å². The van der Waals surface area contributed by atoms with Gasteiger partial charge in [-0.2, -0.15) is 0 Å². The van der Waals surface area contributed by atoms with E-state index in [9.17, 15) is 0 Å². The van der Waals surface area contributed by atoms with Gasteiger partial charge in [-0.1, -0.05) is 23.7 Å². The van der Waals surface area contributed by atoms with E-state index in [1.54, 1.807) is 6.26 Å². The van der Waals surface area contributed by atoms with E-state index in [1.807, 2.05) is 55.5 Å². The zero-order valence-electron chi connectivity index (χ0n) is 14.8. The van der Waals surface area contributed by atoms with Crippen molar-refractivity contribution >= 4 is 11.6 Å². The summed E-state index contributed by atoms with van der Waals surface area (Å²) in [6.45, 7) is 4.70. The Bertz CT molecular complexity index is 801. The van der Waals surface area contributed by atoms with Crippen molar-refractivity contribution in [1.29, 1.82) is 0 Å². The zero-order valence-corrected chi connectivity index (χ0v) is 15.5. The summed E-state index contributed by atoms with van der Waals surface area (Å²) in [6.07, 6.45) is 1.70. The van der Waals surface area contributed by atoms with Crippen LogP contribution in [0.3, 0.4) is 0 Å². The van der Waals surface area contributed by atoms with E-state index in [0.717, 1.165) is 40.9 Å². The first-order chi connectivity index (χ1) is 12.7. The Morgan fingerprint density at radius 2 is 1.73 bits per heavy atom. The molecule has 0 aliphatic carbocycles. The largest absolute Gasteiger partial charge is 0.490 e. The van der Waals surface area contributed by atoms with Crippen molar-refractivity contribution in [2.24, 2.45) is 0 Å². The molecule has 0 fully saturated rings. The summed E-state index contributed by atoms with van der Waals surface area (Å²) in [4.78, 5) is 0. The van der Waals surface area contributed by atoms with E-state index in [1.165, 1.54) is 5.56 Å². The number of halogens is 1. The predicted octanol–water partition coefficient (Wildman–Crippen LogP) is 4.17. The summed E-state index contributed by atoms with van der Waals surface area (Å²) in [5, 5.41) is 2.91. The Hall–Kier alpha value is -2.43. The van der Waals surface area contributed by atoms with E-state index in [2.05, 4.69) is 11.4 Å². The molecule has 1 heterocycles. The second-order valence-corrected chi connectivity index (χ2v) is 6.34. The van der Waals surface area contributed by atoms with Crippen molar-refractivity contribution in [1.82, 2.24) is 0 Å². The first-order valence-electron chi connectivity index (χ1n) is 8.71. The quantitative estimate of drug-likeness (QED) is 0.613. The normalized spacial score (nSPS) is 10.7. The van der Waals surface area contributed by atoms with E-state index in [4.69, 9.17) is 25.5 Å². The van der Waals surface area contributed by atoms with Crippen LogP contribution in [-0.4, -0.2) is 6.61 Å².